The highest BCUT2D eigenvalue weighted by Crippen LogP contribution is 2.09. The summed E-state index contributed by atoms with van der Waals surface area (Å²) >= 11 is 5.71. The lowest BCUT2D eigenvalue weighted by molar-refractivity contribution is 0.117. The fourth-order valence-electron chi connectivity index (χ4n) is 1.56. The highest BCUT2D eigenvalue weighted by atomic mass is 35.5. The van der Waals surface area contributed by atoms with E-state index in [-0.39, 0.29) is 0 Å². The molecule has 1 atom stereocenters. The molecular formula is C12H20ClN3O. The van der Waals surface area contributed by atoms with Crippen molar-refractivity contribution in [1.29, 1.82) is 0 Å². The summed E-state index contributed by atoms with van der Waals surface area (Å²) < 4.78 is 5.12. The summed E-state index contributed by atoms with van der Waals surface area (Å²) in [6.45, 7) is 6.79. The predicted molar refractivity (Wildman–Crippen MR) is 69.1 cm³/mol. The first-order chi connectivity index (χ1) is 8.17. The second-order valence-electron chi connectivity index (χ2n) is 4.07. The Bertz CT molecular complexity index is 318. The maximum absolute atomic E-state index is 5.71. The molecule has 0 aliphatic heterocycles. The molecule has 0 fully saturated rings. The molecule has 17 heavy (non-hydrogen) atoms. The Morgan fingerprint density at radius 2 is 2.18 bits per heavy atom. The Labute approximate surface area is 108 Å². The van der Waals surface area contributed by atoms with Crippen molar-refractivity contribution in [3.05, 3.63) is 23.0 Å². The van der Waals surface area contributed by atoms with E-state index in [4.69, 9.17) is 16.3 Å². The van der Waals surface area contributed by atoms with Crippen molar-refractivity contribution >= 4 is 11.6 Å². The third-order valence-electron chi connectivity index (χ3n) is 2.85. The number of halogens is 1. The molecule has 0 radical (unpaired) electrons. The number of hydrogen-bond donors (Lipinski definition) is 0. The van der Waals surface area contributed by atoms with E-state index in [0.717, 1.165) is 31.8 Å². The second kappa shape index (κ2) is 7.58. The molecule has 0 bridgehead atoms. The van der Waals surface area contributed by atoms with Crippen LogP contribution in [-0.4, -0.2) is 41.4 Å². The van der Waals surface area contributed by atoms with Crippen molar-refractivity contribution in [3.8, 4) is 0 Å². The zero-order valence-electron chi connectivity index (χ0n) is 10.7. The Kier molecular flexibility index (Phi) is 6.40. The normalized spacial score (nSPS) is 13.0. The van der Waals surface area contributed by atoms with Gasteiger partial charge in [0.2, 0.25) is 0 Å². The molecule has 96 valence electrons. The first-order valence-corrected chi connectivity index (χ1v) is 6.26. The number of rotatable bonds is 7. The van der Waals surface area contributed by atoms with E-state index in [1.165, 1.54) is 0 Å². The molecule has 0 aliphatic carbocycles. The van der Waals surface area contributed by atoms with Crippen LogP contribution in [0.2, 0.25) is 5.15 Å². The van der Waals surface area contributed by atoms with Crippen LogP contribution in [0.5, 0.6) is 0 Å². The zero-order chi connectivity index (χ0) is 12.7. The molecule has 1 rings (SSSR count). The maximum atomic E-state index is 5.71. The SMILES string of the molecule is CCC(C)N(CCOC)Cc1ccc(Cl)nn1. The van der Waals surface area contributed by atoms with Crippen LogP contribution >= 0.6 is 11.6 Å². The monoisotopic (exact) mass is 257 g/mol. The van der Waals surface area contributed by atoms with Gasteiger partial charge in [0.1, 0.15) is 0 Å². The minimum Gasteiger partial charge on any atom is -0.383 e. The van der Waals surface area contributed by atoms with Crippen LogP contribution in [-0.2, 0) is 11.3 Å². The number of aromatic nitrogens is 2. The van der Waals surface area contributed by atoms with Gasteiger partial charge in [0.15, 0.2) is 5.15 Å². The zero-order valence-corrected chi connectivity index (χ0v) is 11.4. The molecule has 4 nitrogen and oxygen atoms in total. The van der Waals surface area contributed by atoms with Gasteiger partial charge in [-0.3, -0.25) is 4.90 Å². The second-order valence-corrected chi connectivity index (χ2v) is 4.46. The van der Waals surface area contributed by atoms with Crippen LogP contribution in [0.15, 0.2) is 12.1 Å². The number of methoxy groups -OCH3 is 1. The lowest BCUT2D eigenvalue weighted by atomic mass is 10.2. The Morgan fingerprint density at radius 3 is 2.71 bits per heavy atom. The fraction of sp³-hybridized carbons (Fsp3) is 0.667. The topological polar surface area (TPSA) is 38.2 Å². The van der Waals surface area contributed by atoms with Crippen LogP contribution in [0.4, 0.5) is 0 Å². The van der Waals surface area contributed by atoms with E-state index in [9.17, 15) is 0 Å². The van der Waals surface area contributed by atoms with Crippen molar-refractivity contribution in [2.75, 3.05) is 20.3 Å². The third kappa shape index (κ3) is 4.98. The molecule has 0 aliphatic rings. The summed E-state index contributed by atoms with van der Waals surface area (Å²) in [6, 6.07) is 4.19. The standard InChI is InChI=1S/C12H20ClN3O/c1-4-10(2)16(7-8-17-3)9-11-5-6-12(13)15-14-11/h5-6,10H,4,7-9H2,1-3H3. The van der Waals surface area contributed by atoms with Crippen LogP contribution in [0, 0.1) is 0 Å². The number of hydrogen-bond acceptors (Lipinski definition) is 4. The van der Waals surface area contributed by atoms with Crippen LogP contribution in [0.1, 0.15) is 26.0 Å². The molecule has 0 saturated heterocycles. The molecule has 0 saturated carbocycles. The van der Waals surface area contributed by atoms with Gasteiger partial charge in [-0.15, -0.1) is 5.10 Å². The number of nitrogens with zero attached hydrogens (tertiary/aromatic N) is 3. The summed E-state index contributed by atoms with van der Waals surface area (Å²) in [6.07, 6.45) is 1.10. The smallest absolute Gasteiger partial charge is 0.151 e. The van der Waals surface area contributed by atoms with Crippen LogP contribution in [0.3, 0.4) is 0 Å². The molecule has 0 spiro atoms. The molecule has 1 unspecified atom stereocenters. The Morgan fingerprint density at radius 1 is 1.41 bits per heavy atom. The van der Waals surface area contributed by atoms with Crippen molar-refractivity contribution in [2.24, 2.45) is 0 Å². The minimum absolute atomic E-state index is 0.431. The molecule has 0 amide bonds. The molecule has 1 aromatic rings. The fourth-order valence-corrected chi connectivity index (χ4v) is 1.66. The highest BCUT2D eigenvalue weighted by Gasteiger charge is 2.13. The maximum Gasteiger partial charge on any atom is 0.151 e. The lowest BCUT2D eigenvalue weighted by Crippen LogP contribution is -2.35. The van der Waals surface area contributed by atoms with Gasteiger partial charge in [-0.2, -0.15) is 5.10 Å². The summed E-state index contributed by atoms with van der Waals surface area (Å²) in [5, 5.41) is 8.36. The molecule has 1 aromatic heterocycles. The van der Waals surface area contributed by atoms with Gasteiger partial charge in [-0.1, -0.05) is 18.5 Å². The van der Waals surface area contributed by atoms with Gasteiger partial charge in [0.25, 0.3) is 0 Å². The quantitative estimate of drug-likeness (QED) is 0.752. The first kappa shape index (κ1) is 14.4. The molecule has 1 heterocycles. The lowest BCUT2D eigenvalue weighted by Gasteiger charge is -2.27. The van der Waals surface area contributed by atoms with Gasteiger partial charge < -0.3 is 4.74 Å². The highest BCUT2D eigenvalue weighted by molar-refractivity contribution is 6.29. The number of ether oxygens (including phenoxy) is 1. The molecular weight excluding hydrogens is 238 g/mol. The Balaban J connectivity index is 2.61. The van der Waals surface area contributed by atoms with Crippen LogP contribution in [0.25, 0.3) is 0 Å². The van der Waals surface area contributed by atoms with Gasteiger partial charge in [-0.05, 0) is 25.5 Å². The minimum atomic E-state index is 0.431. The van der Waals surface area contributed by atoms with Gasteiger partial charge >= 0.3 is 0 Å². The average Bonchev–Trinajstić information content (AvgIpc) is 2.36. The van der Waals surface area contributed by atoms with Crippen molar-refractivity contribution in [1.82, 2.24) is 15.1 Å². The largest absolute Gasteiger partial charge is 0.383 e. The van der Waals surface area contributed by atoms with E-state index >= 15 is 0 Å². The summed E-state index contributed by atoms with van der Waals surface area (Å²) in [5.74, 6) is 0. The van der Waals surface area contributed by atoms with E-state index in [0.29, 0.717) is 11.2 Å². The molecule has 0 N–H and O–H groups in total. The summed E-state index contributed by atoms with van der Waals surface area (Å²) in [5.41, 5.74) is 0.936. The average molecular weight is 258 g/mol. The van der Waals surface area contributed by atoms with Gasteiger partial charge in [0.05, 0.1) is 12.3 Å². The van der Waals surface area contributed by atoms with Crippen molar-refractivity contribution in [3.63, 3.8) is 0 Å². The van der Waals surface area contributed by atoms with E-state index in [2.05, 4.69) is 28.9 Å². The van der Waals surface area contributed by atoms with Crippen molar-refractivity contribution in [2.45, 2.75) is 32.9 Å². The summed E-state index contributed by atoms with van der Waals surface area (Å²) in [7, 11) is 1.72. The Hall–Kier alpha value is -0.710. The van der Waals surface area contributed by atoms with Crippen molar-refractivity contribution < 1.29 is 4.74 Å². The van der Waals surface area contributed by atoms with E-state index in [1.54, 1.807) is 13.2 Å². The summed E-state index contributed by atoms with van der Waals surface area (Å²) in [4.78, 5) is 2.33. The van der Waals surface area contributed by atoms with E-state index in [1.807, 2.05) is 6.07 Å². The van der Waals surface area contributed by atoms with Crippen LogP contribution < -0.4 is 0 Å². The third-order valence-corrected chi connectivity index (χ3v) is 3.05. The predicted octanol–water partition coefficient (Wildman–Crippen LogP) is 2.38. The van der Waals surface area contributed by atoms with E-state index < -0.39 is 0 Å². The molecule has 0 aromatic carbocycles. The van der Waals surface area contributed by atoms with Gasteiger partial charge in [-0.25, -0.2) is 0 Å². The molecule has 5 heteroatoms. The first-order valence-electron chi connectivity index (χ1n) is 5.88. The van der Waals surface area contributed by atoms with Gasteiger partial charge in [0, 0.05) is 26.2 Å².